The first-order valence-corrected chi connectivity index (χ1v) is 8.79. The minimum absolute atomic E-state index is 0.0206. The molecule has 1 atom stereocenters. The fourth-order valence-corrected chi connectivity index (χ4v) is 3.05. The van der Waals surface area contributed by atoms with Crippen molar-refractivity contribution in [3.63, 3.8) is 0 Å². The zero-order valence-corrected chi connectivity index (χ0v) is 15.4. The maximum Gasteiger partial charge on any atom is 0.349 e. The number of hydrogen-bond donors (Lipinski definition) is 0. The normalized spacial score (nSPS) is 12.1. The smallest absolute Gasteiger partial charge is 0.349 e. The van der Waals surface area contributed by atoms with E-state index < -0.39 is 5.63 Å². The highest BCUT2D eigenvalue weighted by atomic mass is 16.4. The Kier molecular flexibility index (Phi) is 4.49. The molecule has 0 saturated heterocycles. The summed E-state index contributed by atoms with van der Waals surface area (Å²) in [6.45, 7) is 1.91. The zero-order chi connectivity index (χ0) is 19.7. The molecule has 2 heterocycles. The molecule has 4 aromatic rings. The molecule has 0 unspecified atom stereocenters. The Morgan fingerprint density at radius 3 is 2.61 bits per heavy atom. The summed E-state index contributed by atoms with van der Waals surface area (Å²) in [6.07, 6.45) is 3.09. The number of rotatable bonds is 4. The van der Waals surface area contributed by atoms with E-state index in [4.69, 9.17) is 4.42 Å². The number of carbonyl (C=O) groups is 1. The van der Waals surface area contributed by atoms with E-state index in [-0.39, 0.29) is 17.5 Å². The molecule has 7 heteroatoms. The van der Waals surface area contributed by atoms with E-state index in [1.807, 2.05) is 37.3 Å². The fraction of sp³-hybridized carbons (Fsp3) is 0.143. The lowest BCUT2D eigenvalue weighted by Crippen LogP contribution is -2.32. The molecule has 0 bridgehead atoms. The molecule has 2 aromatic carbocycles. The number of aromatic nitrogens is 3. The third kappa shape index (κ3) is 3.18. The van der Waals surface area contributed by atoms with Crippen LogP contribution in [0.25, 0.3) is 16.7 Å². The third-order valence-corrected chi connectivity index (χ3v) is 4.83. The van der Waals surface area contributed by atoms with Gasteiger partial charge in [-0.1, -0.05) is 30.3 Å². The van der Waals surface area contributed by atoms with Crippen molar-refractivity contribution >= 4 is 16.9 Å². The van der Waals surface area contributed by atoms with Crippen LogP contribution in [0.15, 0.2) is 76.5 Å². The Bertz CT molecular complexity index is 1180. The maximum atomic E-state index is 12.9. The standard InChI is InChI=1S/C21H18N4O3/c1-14(15-7-9-17(10-8-15)25-13-22-12-23-25)24(2)20(26)18-11-16-5-3-4-6-19(16)28-21(18)27/h3-14H,1-2H3/t14-/m1/s1. The van der Waals surface area contributed by atoms with Crippen molar-refractivity contribution in [2.75, 3.05) is 7.05 Å². The van der Waals surface area contributed by atoms with E-state index in [2.05, 4.69) is 10.1 Å². The average Bonchev–Trinajstić information content (AvgIpc) is 3.26. The van der Waals surface area contributed by atoms with Gasteiger partial charge >= 0.3 is 5.63 Å². The van der Waals surface area contributed by atoms with Gasteiger partial charge in [-0.3, -0.25) is 4.79 Å². The Labute approximate surface area is 160 Å². The minimum atomic E-state index is -0.635. The summed E-state index contributed by atoms with van der Waals surface area (Å²) in [5, 5.41) is 4.81. The second-order valence-electron chi connectivity index (χ2n) is 6.51. The molecule has 0 fully saturated rings. The van der Waals surface area contributed by atoms with Gasteiger partial charge in [0.05, 0.1) is 11.7 Å². The lowest BCUT2D eigenvalue weighted by molar-refractivity contribution is 0.0738. The van der Waals surface area contributed by atoms with E-state index in [1.54, 1.807) is 42.3 Å². The molecule has 0 spiro atoms. The van der Waals surface area contributed by atoms with Crippen LogP contribution >= 0.6 is 0 Å². The molecule has 0 aliphatic heterocycles. The SMILES string of the molecule is C[C@H](c1ccc(-n2cncn2)cc1)N(C)C(=O)c1cc2ccccc2oc1=O. The van der Waals surface area contributed by atoms with Gasteiger partial charge in [0.25, 0.3) is 5.91 Å². The van der Waals surface area contributed by atoms with E-state index in [0.29, 0.717) is 11.0 Å². The lowest BCUT2D eigenvalue weighted by atomic mass is 10.1. The van der Waals surface area contributed by atoms with Crippen molar-refractivity contribution in [1.82, 2.24) is 19.7 Å². The molecule has 7 nitrogen and oxygen atoms in total. The quantitative estimate of drug-likeness (QED) is 0.512. The van der Waals surface area contributed by atoms with Crippen LogP contribution in [0.4, 0.5) is 0 Å². The van der Waals surface area contributed by atoms with Gasteiger partial charge in [0.1, 0.15) is 23.8 Å². The number of benzene rings is 2. The van der Waals surface area contributed by atoms with Crippen molar-refractivity contribution in [2.45, 2.75) is 13.0 Å². The summed E-state index contributed by atoms with van der Waals surface area (Å²) >= 11 is 0. The predicted octanol–water partition coefficient (Wildman–Crippen LogP) is 3.21. The van der Waals surface area contributed by atoms with Gasteiger partial charge in [0.15, 0.2) is 0 Å². The van der Waals surface area contributed by atoms with Gasteiger partial charge in [-0.25, -0.2) is 14.5 Å². The molecule has 4 rings (SSSR count). The van der Waals surface area contributed by atoms with Crippen molar-refractivity contribution in [2.24, 2.45) is 0 Å². The van der Waals surface area contributed by atoms with Crippen LogP contribution in [0, 0.1) is 0 Å². The van der Waals surface area contributed by atoms with Crippen LogP contribution in [-0.4, -0.2) is 32.6 Å². The zero-order valence-electron chi connectivity index (χ0n) is 15.4. The van der Waals surface area contributed by atoms with Gasteiger partial charge in [-0.05, 0) is 36.8 Å². The Morgan fingerprint density at radius 1 is 1.14 bits per heavy atom. The highest BCUT2D eigenvalue weighted by Gasteiger charge is 2.22. The first-order valence-electron chi connectivity index (χ1n) is 8.79. The van der Waals surface area contributed by atoms with Crippen molar-refractivity contribution in [1.29, 1.82) is 0 Å². The topological polar surface area (TPSA) is 81.2 Å². The van der Waals surface area contributed by atoms with Crippen LogP contribution in [0.5, 0.6) is 0 Å². The van der Waals surface area contributed by atoms with E-state index in [9.17, 15) is 9.59 Å². The second kappa shape index (κ2) is 7.11. The molecule has 0 aliphatic carbocycles. The highest BCUT2D eigenvalue weighted by Crippen LogP contribution is 2.22. The van der Waals surface area contributed by atoms with Gasteiger partial charge in [0, 0.05) is 12.4 Å². The van der Waals surface area contributed by atoms with Gasteiger partial charge < -0.3 is 9.32 Å². The number of carbonyl (C=O) groups excluding carboxylic acids is 1. The molecule has 28 heavy (non-hydrogen) atoms. The monoisotopic (exact) mass is 374 g/mol. The van der Waals surface area contributed by atoms with Crippen molar-refractivity contribution in [3.05, 3.63) is 88.8 Å². The van der Waals surface area contributed by atoms with Gasteiger partial charge in [0.2, 0.25) is 0 Å². The van der Waals surface area contributed by atoms with E-state index in [0.717, 1.165) is 11.3 Å². The van der Waals surface area contributed by atoms with E-state index >= 15 is 0 Å². The molecule has 1 amide bonds. The summed E-state index contributed by atoms with van der Waals surface area (Å²) in [6, 6.07) is 16.1. The molecule has 2 aromatic heterocycles. The number of hydrogen-bond acceptors (Lipinski definition) is 5. The summed E-state index contributed by atoms with van der Waals surface area (Å²) < 4.78 is 6.94. The van der Waals surface area contributed by atoms with E-state index in [1.165, 1.54) is 11.2 Å². The third-order valence-electron chi connectivity index (χ3n) is 4.83. The van der Waals surface area contributed by atoms with Crippen LogP contribution < -0.4 is 5.63 Å². The first kappa shape index (κ1) is 17.7. The lowest BCUT2D eigenvalue weighted by Gasteiger charge is -2.25. The summed E-state index contributed by atoms with van der Waals surface area (Å²) in [4.78, 5) is 30.7. The number of para-hydroxylation sites is 1. The molecular weight excluding hydrogens is 356 g/mol. The average molecular weight is 374 g/mol. The van der Waals surface area contributed by atoms with Crippen LogP contribution in [0.1, 0.15) is 28.9 Å². The first-order chi connectivity index (χ1) is 13.5. The van der Waals surface area contributed by atoms with Crippen molar-refractivity contribution < 1.29 is 9.21 Å². The molecule has 140 valence electrons. The highest BCUT2D eigenvalue weighted by molar-refractivity contribution is 5.96. The van der Waals surface area contributed by atoms with Crippen LogP contribution in [0.3, 0.4) is 0 Å². The Balaban J connectivity index is 1.60. The number of nitrogens with zero attached hydrogens (tertiary/aromatic N) is 4. The van der Waals surface area contributed by atoms with Crippen LogP contribution in [-0.2, 0) is 0 Å². The minimum Gasteiger partial charge on any atom is -0.422 e. The molecular formula is C21H18N4O3. The summed E-state index contributed by atoms with van der Waals surface area (Å²) in [5.41, 5.74) is 1.66. The summed E-state index contributed by atoms with van der Waals surface area (Å²) in [7, 11) is 1.67. The maximum absolute atomic E-state index is 12.9. The second-order valence-corrected chi connectivity index (χ2v) is 6.51. The predicted molar refractivity (Wildman–Crippen MR) is 104 cm³/mol. The Morgan fingerprint density at radius 2 is 1.89 bits per heavy atom. The molecule has 0 radical (unpaired) electrons. The Hall–Kier alpha value is -3.74. The number of amides is 1. The van der Waals surface area contributed by atoms with Gasteiger partial charge in [-0.2, -0.15) is 5.10 Å². The van der Waals surface area contributed by atoms with Crippen LogP contribution in [0.2, 0.25) is 0 Å². The molecule has 0 saturated carbocycles. The molecule has 0 N–H and O–H groups in total. The summed E-state index contributed by atoms with van der Waals surface area (Å²) in [5.74, 6) is -0.382. The molecule has 0 aliphatic rings. The number of fused-ring (bicyclic) bond motifs is 1. The van der Waals surface area contributed by atoms with Crippen molar-refractivity contribution in [3.8, 4) is 5.69 Å². The fourth-order valence-electron chi connectivity index (χ4n) is 3.05. The van der Waals surface area contributed by atoms with Gasteiger partial charge in [-0.15, -0.1) is 0 Å². The largest absolute Gasteiger partial charge is 0.422 e.